The lowest BCUT2D eigenvalue weighted by Gasteiger charge is -2.15. The summed E-state index contributed by atoms with van der Waals surface area (Å²) in [7, 11) is 0. The van der Waals surface area contributed by atoms with Gasteiger partial charge in [-0.25, -0.2) is 0 Å². The second-order valence-corrected chi connectivity index (χ2v) is 5.22. The lowest BCUT2D eigenvalue weighted by atomic mass is 10.1. The van der Waals surface area contributed by atoms with E-state index in [0.717, 1.165) is 3.57 Å². The van der Waals surface area contributed by atoms with Crippen LogP contribution in [0.1, 0.15) is 30.6 Å². The Labute approximate surface area is 109 Å². The maximum atomic E-state index is 11.8. The third-order valence-corrected chi connectivity index (χ3v) is 2.83. The summed E-state index contributed by atoms with van der Waals surface area (Å²) in [6.45, 7) is 3.60. The molecule has 0 radical (unpaired) electrons. The van der Waals surface area contributed by atoms with Gasteiger partial charge >= 0.3 is 0 Å². The van der Waals surface area contributed by atoms with Gasteiger partial charge in [-0.05, 0) is 61.1 Å². The van der Waals surface area contributed by atoms with Gasteiger partial charge in [-0.1, -0.05) is 6.07 Å². The zero-order valence-corrected chi connectivity index (χ0v) is 11.6. The molecule has 4 heteroatoms. The predicted molar refractivity (Wildman–Crippen MR) is 72.4 cm³/mol. The Balaban J connectivity index is 2.59. The zero-order chi connectivity index (χ0) is 12.1. The van der Waals surface area contributed by atoms with Gasteiger partial charge in [0.2, 0.25) is 0 Å². The molecule has 0 fully saturated rings. The van der Waals surface area contributed by atoms with Gasteiger partial charge in [-0.2, -0.15) is 0 Å². The Hall–Kier alpha value is -0.620. The highest BCUT2D eigenvalue weighted by Crippen LogP contribution is 2.08. The molecule has 1 aromatic carbocycles. The molecule has 0 saturated heterocycles. The van der Waals surface area contributed by atoms with Crippen molar-refractivity contribution in [1.82, 2.24) is 5.32 Å². The molecule has 88 valence electrons. The van der Waals surface area contributed by atoms with Crippen molar-refractivity contribution in [3.63, 3.8) is 0 Å². The number of carbonyl (C=O) groups is 1. The maximum absolute atomic E-state index is 11.8. The molecule has 2 unspecified atom stereocenters. The van der Waals surface area contributed by atoms with Gasteiger partial charge in [0.25, 0.3) is 5.91 Å². The van der Waals surface area contributed by atoms with Crippen molar-refractivity contribution in [3.05, 3.63) is 33.4 Å². The molecule has 0 saturated carbocycles. The van der Waals surface area contributed by atoms with Crippen molar-refractivity contribution in [2.24, 2.45) is 0 Å². The fourth-order valence-electron chi connectivity index (χ4n) is 1.51. The summed E-state index contributed by atoms with van der Waals surface area (Å²) in [6, 6.07) is 7.40. The lowest BCUT2D eigenvalue weighted by molar-refractivity contribution is 0.0923. The molecule has 0 aromatic heterocycles. The second-order valence-electron chi connectivity index (χ2n) is 3.97. The molecule has 3 nitrogen and oxygen atoms in total. The Kier molecular flexibility index (Phi) is 5.21. The molecule has 1 amide bonds. The van der Waals surface area contributed by atoms with Crippen molar-refractivity contribution >= 4 is 28.5 Å². The summed E-state index contributed by atoms with van der Waals surface area (Å²) < 4.78 is 1.04. The Morgan fingerprint density at radius 3 is 2.75 bits per heavy atom. The highest BCUT2D eigenvalue weighted by atomic mass is 127. The first-order valence-electron chi connectivity index (χ1n) is 5.23. The smallest absolute Gasteiger partial charge is 0.251 e. The van der Waals surface area contributed by atoms with Gasteiger partial charge in [-0.15, -0.1) is 0 Å². The van der Waals surface area contributed by atoms with E-state index in [-0.39, 0.29) is 11.9 Å². The molecule has 2 N–H and O–H groups in total. The number of benzene rings is 1. The van der Waals surface area contributed by atoms with Crippen LogP contribution in [0, 0.1) is 3.57 Å². The highest BCUT2D eigenvalue weighted by molar-refractivity contribution is 14.1. The number of carbonyl (C=O) groups excluding carboxylic acids is 1. The van der Waals surface area contributed by atoms with Crippen molar-refractivity contribution in [2.45, 2.75) is 32.4 Å². The number of nitrogens with one attached hydrogen (secondary N) is 1. The maximum Gasteiger partial charge on any atom is 0.251 e. The summed E-state index contributed by atoms with van der Waals surface area (Å²) in [5.74, 6) is -0.0910. The zero-order valence-electron chi connectivity index (χ0n) is 9.40. The van der Waals surface area contributed by atoms with E-state index in [2.05, 4.69) is 27.9 Å². The van der Waals surface area contributed by atoms with Crippen LogP contribution in [-0.4, -0.2) is 23.2 Å². The number of halogens is 1. The van der Waals surface area contributed by atoms with E-state index in [1.165, 1.54) is 0 Å². The van der Waals surface area contributed by atoms with Crippen molar-refractivity contribution in [3.8, 4) is 0 Å². The Morgan fingerprint density at radius 2 is 2.19 bits per heavy atom. The molecule has 0 spiro atoms. The molecule has 0 bridgehead atoms. The SMILES string of the molecule is CC(O)CC(C)NC(=O)c1cccc(I)c1. The summed E-state index contributed by atoms with van der Waals surface area (Å²) in [6.07, 6.45) is 0.168. The van der Waals surface area contributed by atoms with Crippen LogP contribution in [0.5, 0.6) is 0 Å². The topological polar surface area (TPSA) is 49.3 Å². The van der Waals surface area contributed by atoms with Crippen LogP contribution < -0.4 is 5.32 Å². The molecule has 0 aliphatic rings. The van der Waals surface area contributed by atoms with Crippen LogP contribution in [0.15, 0.2) is 24.3 Å². The van der Waals surface area contributed by atoms with Crippen LogP contribution in [-0.2, 0) is 0 Å². The largest absolute Gasteiger partial charge is 0.393 e. The average Bonchev–Trinajstić information content (AvgIpc) is 2.16. The van der Waals surface area contributed by atoms with E-state index in [9.17, 15) is 9.90 Å². The minimum absolute atomic E-state index is 0.0228. The first-order chi connectivity index (χ1) is 7.49. The van der Waals surface area contributed by atoms with Crippen molar-refractivity contribution in [1.29, 1.82) is 0 Å². The van der Waals surface area contributed by atoms with Gasteiger partial charge in [0.15, 0.2) is 0 Å². The third-order valence-electron chi connectivity index (χ3n) is 2.16. The highest BCUT2D eigenvalue weighted by Gasteiger charge is 2.11. The van der Waals surface area contributed by atoms with E-state index in [1.54, 1.807) is 13.0 Å². The molecule has 1 rings (SSSR count). The predicted octanol–water partition coefficient (Wildman–Crippen LogP) is 2.18. The number of aliphatic hydroxyl groups excluding tert-OH is 1. The van der Waals surface area contributed by atoms with Gasteiger partial charge in [-0.3, -0.25) is 4.79 Å². The molecule has 0 aliphatic carbocycles. The quantitative estimate of drug-likeness (QED) is 0.830. The summed E-state index contributed by atoms with van der Waals surface area (Å²) in [4.78, 5) is 11.8. The van der Waals surface area contributed by atoms with Crippen LogP contribution in [0.3, 0.4) is 0 Å². The van der Waals surface area contributed by atoms with Crippen LogP contribution in [0.2, 0.25) is 0 Å². The summed E-state index contributed by atoms with van der Waals surface area (Å²) in [5, 5.41) is 12.1. The van der Waals surface area contributed by atoms with Crippen molar-refractivity contribution in [2.75, 3.05) is 0 Å². The standard InChI is InChI=1S/C12H16INO2/c1-8(6-9(2)15)14-12(16)10-4-3-5-11(13)7-10/h3-5,7-9,15H,6H2,1-2H3,(H,14,16). The normalized spacial score (nSPS) is 14.2. The number of amides is 1. The van der Waals surface area contributed by atoms with Gasteiger partial charge in [0, 0.05) is 15.2 Å². The summed E-state index contributed by atoms with van der Waals surface area (Å²) in [5.41, 5.74) is 0.657. The molecule has 1 aromatic rings. The molecule has 2 atom stereocenters. The second kappa shape index (κ2) is 6.20. The number of aliphatic hydroxyl groups is 1. The molecular formula is C12H16INO2. The molecule has 0 heterocycles. The number of hydrogen-bond acceptors (Lipinski definition) is 2. The van der Waals surface area contributed by atoms with Gasteiger partial charge < -0.3 is 10.4 Å². The van der Waals surface area contributed by atoms with E-state index < -0.39 is 6.10 Å². The first-order valence-corrected chi connectivity index (χ1v) is 6.31. The fourth-order valence-corrected chi connectivity index (χ4v) is 2.05. The van der Waals surface area contributed by atoms with E-state index in [1.807, 2.05) is 25.1 Å². The van der Waals surface area contributed by atoms with Gasteiger partial charge in [0.1, 0.15) is 0 Å². The van der Waals surface area contributed by atoms with Crippen LogP contribution >= 0.6 is 22.6 Å². The van der Waals surface area contributed by atoms with Crippen molar-refractivity contribution < 1.29 is 9.90 Å². The first kappa shape index (κ1) is 13.4. The Morgan fingerprint density at radius 1 is 1.50 bits per heavy atom. The lowest BCUT2D eigenvalue weighted by Crippen LogP contribution is -2.34. The molecular weight excluding hydrogens is 317 g/mol. The Bertz CT molecular complexity index is 366. The summed E-state index contributed by atoms with van der Waals surface area (Å²) >= 11 is 2.17. The fraction of sp³-hybridized carbons (Fsp3) is 0.417. The minimum atomic E-state index is -0.397. The molecule has 0 aliphatic heterocycles. The van der Waals surface area contributed by atoms with Crippen LogP contribution in [0.25, 0.3) is 0 Å². The monoisotopic (exact) mass is 333 g/mol. The number of hydrogen-bond donors (Lipinski definition) is 2. The van der Waals surface area contributed by atoms with E-state index >= 15 is 0 Å². The minimum Gasteiger partial charge on any atom is -0.393 e. The van der Waals surface area contributed by atoms with E-state index in [4.69, 9.17) is 0 Å². The number of rotatable bonds is 4. The van der Waals surface area contributed by atoms with Crippen LogP contribution in [0.4, 0.5) is 0 Å². The average molecular weight is 333 g/mol. The van der Waals surface area contributed by atoms with Gasteiger partial charge in [0.05, 0.1) is 6.10 Å². The third kappa shape index (κ3) is 4.49. The molecule has 16 heavy (non-hydrogen) atoms. The van der Waals surface area contributed by atoms with E-state index in [0.29, 0.717) is 12.0 Å².